The Hall–Kier alpha value is -0.205. The molecule has 0 aliphatic heterocycles. The molecule has 0 radical (unpaired) electrons. The summed E-state index contributed by atoms with van der Waals surface area (Å²) in [6.45, 7) is 7.62. The first kappa shape index (κ1) is 18.8. The third-order valence-corrected chi connectivity index (χ3v) is 11.6. The molecule has 0 bridgehead atoms. The van der Waals surface area contributed by atoms with Gasteiger partial charge in [0.2, 0.25) is 0 Å². The molecule has 3 N–H and O–H groups in total. The maximum atomic E-state index is 11.8. The number of rotatable bonds is 9. The molecule has 0 unspecified atom stereocenters. The zero-order chi connectivity index (χ0) is 14.9. The molecule has 0 aromatic rings. The van der Waals surface area contributed by atoms with E-state index in [0.717, 1.165) is 18.0 Å². The van der Waals surface area contributed by atoms with Crippen molar-refractivity contribution < 1.29 is 38.9 Å². The first-order chi connectivity index (χ1) is 8.81. The van der Waals surface area contributed by atoms with Crippen molar-refractivity contribution in [3.63, 3.8) is 0 Å². The third-order valence-electron chi connectivity index (χ3n) is 2.79. The van der Waals surface area contributed by atoms with Crippen LogP contribution in [0.4, 0.5) is 0 Å². The SMILES string of the molecule is CCCOCCNC(=O)[CH2][Hg][C](C)(C)C(=O)N(C)N. The van der Waals surface area contributed by atoms with E-state index in [9.17, 15) is 9.59 Å². The standard InChI is InChI=1S/C7H14NO2.C5H11N2O.Hg/c1-3-5-10-6-4-8-7(2)9;1-4(2)5(8)7(3)6;/h2-6H2,1H3,(H,8,9);6H2,1-3H3;. The minimum absolute atomic E-state index is 0.0299. The van der Waals surface area contributed by atoms with Gasteiger partial charge < -0.3 is 0 Å². The van der Waals surface area contributed by atoms with Crippen LogP contribution in [-0.4, -0.2) is 43.6 Å². The molecular formula is C12H25HgN3O3. The van der Waals surface area contributed by atoms with Gasteiger partial charge in [-0.3, -0.25) is 0 Å². The zero-order valence-corrected chi connectivity index (χ0v) is 18.0. The Morgan fingerprint density at radius 3 is 2.53 bits per heavy atom. The third kappa shape index (κ3) is 8.54. The summed E-state index contributed by atoms with van der Waals surface area (Å²) < 4.78 is 5.40. The molecule has 0 aliphatic carbocycles. The Bertz CT molecular complexity index is 296. The van der Waals surface area contributed by atoms with E-state index in [1.165, 1.54) is 0 Å². The van der Waals surface area contributed by atoms with Crippen LogP contribution in [0.3, 0.4) is 0 Å². The van der Waals surface area contributed by atoms with Crippen molar-refractivity contribution in [2.24, 2.45) is 5.84 Å². The number of amides is 2. The van der Waals surface area contributed by atoms with E-state index in [1.54, 1.807) is 7.05 Å². The van der Waals surface area contributed by atoms with Gasteiger partial charge in [0, 0.05) is 0 Å². The van der Waals surface area contributed by atoms with Crippen molar-refractivity contribution in [1.82, 2.24) is 10.3 Å². The molecule has 0 saturated carbocycles. The average Bonchev–Trinajstić information content (AvgIpc) is 2.35. The summed E-state index contributed by atoms with van der Waals surface area (Å²) in [6.07, 6.45) is 0.980. The van der Waals surface area contributed by atoms with Crippen molar-refractivity contribution in [3.05, 3.63) is 0 Å². The van der Waals surface area contributed by atoms with Crippen LogP contribution < -0.4 is 11.2 Å². The quantitative estimate of drug-likeness (QED) is 0.173. The van der Waals surface area contributed by atoms with Gasteiger partial charge in [-0.1, -0.05) is 0 Å². The van der Waals surface area contributed by atoms with Gasteiger partial charge in [0.1, 0.15) is 0 Å². The van der Waals surface area contributed by atoms with E-state index in [4.69, 9.17) is 10.6 Å². The van der Waals surface area contributed by atoms with E-state index in [0.29, 0.717) is 17.1 Å². The number of carbonyl (C=O) groups excluding carboxylic acids is 2. The first-order valence-electron chi connectivity index (χ1n) is 6.68. The molecule has 0 aromatic carbocycles. The fourth-order valence-corrected chi connectivity index (χ4v) is 7.41. The van der Waals surface area contributed by atoms with Gasteiger partial charge in [0.15, 0.2) is 0 Å². The summed E-state index contributed by atoms with van der Waals surface area (Å²) in [7, 11) is 1.54. The number of nitrogens with zero attached hydrogens (tertiary/aromatic N) is 1. The summed E-state index contributed by atoms with van der Waals surface area (Å²) in [5, 5.41) is 3.94. The number of nitrogens with two attached hydrogens (primary N) is 1. The fourth-order valence-electron chi connectivity index (χ4n) is 1.61. The predicted molar refractivity (Wildman–Crippen MR) is 69.9 cm³/mol. The Morgan fingerprint density at radius 1 is 1.37 bits per heavy atom. The topological polar surface area (TPSA) is 84.7 Å². The van der Waals surface area contributed by atoms with Gasteiger partial charge in [-0.15, -0.1) is 0 Å². The summed E-state index contributed by atoms with van der Waals surface area (Å²) in [5.74, 6) is 5.41. The number of carbonyl (C=O) groups is 2. The van der Waals surface area contributed by atoms with Crippen LogP contribution >= 0.6 is 0 Å². The molecule has 0 atom stereocenters. The number of nitrogens with one attached hydrogen (secondary N) is 1. The second-order valence-corrected chi connectivity index (χ2v) is 16.0. The summed E-state index contributed by atoms with van der Waals surface area (Å²) in [5.41, 5.74) is 0. The molecular weight excluding hydrogens is 435 g/mol. The van der Waals surface area contributed by atoms with Gasteiger partial charge in [-0.05, 0) is 0 Å². The molecule has 2 amide bonds. The molecule has 0 saturated heterocycles. The summed E-state index contributed by atoms with van der Waals surface area (Å²) in [4.78, 5) is 23.5. The van der Waals surface area contributed by atoms with E-state index < -0.39 is 27.5 Å². The van der Waals surface area contributed by atoms with Crippen LogP contribution in [-0.2, 0) is 38.9 Å². The number of hydrazine groups is 1. The molecule has 7 heteroatoms. The Labute approximate surface area is 127 Å². The maximum absolute atomic E-state index is 11.8. The van der Waals surface area contributed by atoms with Crippen LogP contribution in [0.1, 0.15) is 27.2 Å². The second kappa shape index (κ2) is 9.66. The van der Waals surface area contributed by atoms with Gasteiger partial charge in [0.05, 0.1) is 0 Å². The van der Waals surface area contributed by atoms with E-state index in [2.05, 4.69) is 5.32 Å². The van der Waals surface area contributed by atoms with Crippen LogP contribution in [0, 0.1) is 0 Å². The van der Waals surface area contributed by atoms with Gasteiger partial charge >= 0.3 is 128 Å². The minimum atomic E-state index is -1.67. The molecule has 0 rings (SSSR count). The summed E-state index contributed by atoms with van der Waals surface area (Å²) in [6, 6.07) is 0. The monoisotopic (exact) mass is 461 g/mol. The van der Waals surface area contributed by atoms with E-state index >= 15 is 0 Å². The molecule has 0 heterocycles. The fraction of sp³-hybridized carbons (Fsp3) is 0.833. The molecule has 0 aromatic heterocycles. The predicted octanol–water partition coefficient (Wildman–Crippen LogP) is 0.561. The van der Waals surface area contributed by atoms with Crippen LogP contribution in [0.25, 0.3) is 0 Å². The molecule has 108 valence electrons. The number of hydrogen-bond acceptors (Lipinski definition) is 4. The van der Waals surface area contributed by atoms with Crippen molar-refractivity contribution in [2.45, 2.75) is 34.0 Å². The van der Waals surface area contributed by atoms with Crippen molar-refractivity contribution in [3.8, 4) is 0 Å². The Morgan fingerprint density at radius 2 is 2.00 bits per heavy atom. The van der Waals surface area contributed by atoms with Crippen molar-refractivity contribution in [1.29, 1.82) is 0 Å². The van der Waals surface area contributed by atoms with Gasteiger partial charge in [-0.25, -0.2) is 0 Å². The normalized spacial score (nSPS) is 10.8. The summed E-state index contributed by atoms with van der Waals surface area (Å²) >= 11 is -1.67. The van der Waals surface area contributed by atoms with E-state index in [1.807, 2.05) is 20.8 Å². The Balaban J connectivity index is 3.86. The molecule has 0 aliphatic rings. The molecule has 0 spiro atoms. The number of hydrogen-bond donors (Lipinski definition) is 2. The van der Waals surface area contributed by atoms with Crippen LogP contribution in [0.2, 0.25) is 6.85 Å². The van der Waals surface area contributed by atoms with Gasteiger partial charge in [0.25, 0.3) is 0 Å². The molecule has 19 heavy (non-hydrogen) atoms. The zero-order valence-electron chi connectivity index (χ0n) is 12.5. The molecule has 6 nitrogen and oxygen atoms in total. The van der Waals surface area contributed by atoms with Crippen molar-refractivity contribution in [2.75, 3.05) is 26.8 Å². The van der Waals surface area contributed by atoms with E-state index in [-0.39, 0.29) is 11.8 Å². The number of ether oxygens (including phenoxy) is 1. The average molecular weight is 460 g/mol. The van der Waals surface area contributed by atoms with Gasteiger partial charge in [-0.2, -0.15) is 0 Å². The van der Waals surface area contributed by atoms with Crippen LogP contribution in [0.5, 0.6) is 0 Å². The second-order valence-electron chi connectivity index (χ2n) is 5.26. The molecule has 0 fully saturated rings. The van der Waals surface area contributed by atoms with Crippen LogP contribution in [0.15, 0.2) is 0 Å². The van der Waals surface area contributed by atoms with Crippen molar-refractivity contribution >= 4 is 11.8 Å². The Kier molecular flexibility index (Phi) is 9.56. The first-order valence-corrected chi connectivity index (χ1v) is 13.3.